The number of aliphatic hydroxyl groups is 1. The van der Waals surface area contributed by atoms with Gasteiger partial charge in [0.05, 0.1) is 29.5 Å². The largest absolute Gasteiger partial charge is 0.502 e. The highest BCUT2D eigenvalue weighted by molar-refractivity contribution is 6.44. The van der Waals surface area contributed by atoms with Gasteiger partial charge in [-0.25, -0.2) is 4.90 Å². The van der Waals surface area contributed by atoms with Crippen molar-refractivity contribution in [2.45, 2.75) is 13.8 Å². The number of hydrogen-bond donors (Lipinski definition) is 1. The minimum Gasteiger partial charge on any atom is -0.502 e. The fourth-order valence-corrected chi connectivity index (χ4v) is 2.68. The second-order valence-corrected chi connectivity index (χ2v) is 6.56. The molecule has 0 saturated carbocycles. The number of imide groups is 1. The fourth-order valence-electron chi connectivity index (χ4n) is 2.68. The van der Waals surface area contributed by atoms with Crippen LogP contribution in [0.2, 0.25) is 0 Å². The van der Waals surface area contributed by atoms with E-state index in [-0.39, 0.29) is 5.57 Å². The van der Waals surface area contributed by atoms with E-state index in [9.17, 15) is 14.7 Å². The maximum absolute atomic E-state index is 12.8. The summed E-state index contributed by atoms with van der Waals surface area (Å²) in [5.41, 5.74) is 1.08. The van der Waals surface area contributed by atoms with Crippen LogP contribution in [0.15, 0.2) is 54.3 Å². The summed E-state index contributed by atoms with van der Waals surface area (Å²) in [6.07, 6.45) is 0. The van der Waals surface area contributed by atoms with Crippen LogP contribution in [-0.2, 0) is 9.59 Å². The number of rotatable bonds is 5. The Bertz CT molecular complexity index is 951. The van der Waals surface area contributed by atoms with Crippen molar-refractivity contribution in [2.75, 3.05) is 11.5 Å². The highest BCUT2D eigenvalue weighted by Crippen LogP contribution is 2.32. The van der Waals surface area contributed by atoms with E-state index in [1.54, 1.807) is 24.3 Å². The second kappa shape index (κ2) is 7.34. The van der Waals surface area contributed by atoms with Gasteiger partial charge in [0.15, 0.2) is 5.76 Å². The summed E-state index contributed by atoms with van der Waals surface area (Å²) in [6.45, 7) is 4.65. The van der Waals surface area contributed by atoms with E-state index in [1.165, 1.54) is 24.3 Å². The van der Waals surface area contributed by atoms with Crippen LogP contribution in [0.25, 0.3) is 5.57 Å². The van der Waals surface area contributed by atoms with Gasteiger partial charge in [-0.1, -0.05) is 26.0 Å². The van der Waals surface area contributed by atoms with Crippen LogP contribution in [0.5, 0.6) is 5.75 Å². The van der Waals surface area contributed by atoms with Crippen molar-refractivity contribution in [1.29, 1.82) is 5.26 Å². The maximum Gasteiger partial charge on any atom is 0.301 e. The summed E-state index contributed by atoms with van der Waals surface area (Å²) in [5.74, 6) is -0.974. The number of carbonyl (C=O) groups is 2. The first kappa shape index (κ1) is 18.2. The summed E-state index contributed by atoms with van der Waals surface area (Å²) in [7, 11) is 0. The number of carbonyl (C=O) groups excluding carboxylic acids is 2. The quantitative estimate of drug-likeness (QED) is 0.823. The van der Waals surface area contributed by atoms with Gasteiger partial charge < -0.3 is 9.84 Å². The van der Waals surface area contributed by atoms with Crippen molar-refractivity contribution >= 4 is 23.1 Å². The molecule has 27 heavy (non-hydrogen) atoms. The number of ether oxygens (including phenoxy) is 1. The van der Waals surface area contributed by atoms with Crippen LogP contribution in [0.3, 0.4) is 0 Å². The van der Waals surface area contributed by atoms with Crippen LogP contribution in [-0.4, -0.2) is 23.5 Å². The molecule has 0 bridgehead atoms. The molecular formula is C21H18N2O4. The van der Waals surface area contributed by atoms with Gasteiger partial charge in [0, 0.05) is 0 Å². The molecule has 2 aromatic rings. The molecule has 0 spiro atoms. The van der Waals surface area contributed by atoms with E-state index < -0.39 is 17.6 Å². The van der Waals surface area contributed by atoms with Crippen molar-refractivity contribution in [3.63, 3.8) is 0 Å². The minimum absolute atomic E-state index is 0.0558. The fraction of sp³-hybridized carbons (Fsp3) is 0.190. The SMILES string of the molecule is CC(C)COc1ccc(C2=C(O)C(=O)N(c3ccc(C#N)cc3)C2=O)cc1. The Hall–Kier alpha value is -3.59. The Morgan fingerprint density at radius 1 is 1.04 bits per heavy atom. The molecule has 1 heterocycles. The monoisotopic (exact) mass is 362 g/mol. The van der Waals surface area contributed by atoms with Crippen molar-refractivity contribution in [2.24, 2.45) is 5.92 Å². The lowest BCUT2D eigenvalue weighted by atomic mass is 10.1. The van der Waals surface area contributed by atoms with Crippen LogP contribution in [0, 0.1) is 17.2 Å². The third-order valence-corrected chi connectivity index (χ3v) is 4.04. The molecule has 1 aliphatic rings. The van der Waals surface area contributed by atoms with E-state index >= 15 is 0 Å². The number of anilines is 1. The molecule has 136 valence electrons. The van der Waals surface area contributed by atoms with Gasteiger partial charge in [-0.3, -0.25) is 9.59 Å². The molecule has 0 atom stereocenters. The molecule has 0 fully saturated rings. The first-order valence-electron chi connectivity index (χ1n) is 8.47. The van der Waals surface area contributed by atoms with Gasteiger partial charge >= 0.3 is 5.91 Å². The van der Waals surface area contributed by atoms with Crippen molar-refractivity contribution < 1.29 is 19.4 Å². The lowest BCUT2D eigenvalue weighted by molar-refractivity contribution is -0.121. The van der Waals surface area contributed by atoms with E-state index in [1.807, 2.05) is 19.9 Å². The van der Waals surface area contributed by atoms with E-state index in [4.69, 9.17) is 10.00 Å². The van der Waals surface area contributed by atoms with Gasteiger partial charge in [-0.15, -0.1) is 0 Å². The van der Waals surface area contributed by atoms with E-state index in [2.05, 4.69) is 0 Å². The molecule has 0 saturated heterocycles. The smallest absolute Gasteiger partial charge is 0.301 e. The van der Waals surface area contributed by atoms with Crippen LogP contribution >= 0.6 is 0 Å². The standard InChI is InChI=1S/C21H18N2O4/c1-13(2)12-27-17-9-5-15(6-10-17)18-19(24)21(26)23(20(18)25)16-7-3-14(11-22)4-8-16/h3-10,13,24H,12H2,1-2H3. The van der Waals surface area contributed by atoms with Gasteiger partial charge in [-0.2, -0.15) is 5.26 Å². The van der Waals surface area contributed by atoms with Gasteiger partial charge in [0.1, 0.15) is 5.75 Å². The van der Waals surface area contributed by atoms with Crippen LogP contribution in [0.1, 0.15) is 25.0 Å². The normalized spacial score (nSPS) is 14.1. The maximum atomic E-state index is 12.8. The third-order valence-electron chi connectivity index (χ3n) is 4.04. The zero-order valence-electron chi connectivity index (χ0n) is 15.0. The molecule has 6 heteroatoms. The zero-order chi connectivity index (χ0) is 19.6. The molecule has 2 aromatic carbocycles. The minimum atomic E-state index is -0.792. The molecule has 1 aliphatic heterocycles. The molecule has 0 radical (unpaired) electrons. The number of benzene rings is 2. The summed E-state index contributed by atoms with van der Waals surface area (Å²) in [4.78, 5) is 26.1. The number of nitrogens with zero attached hydrogens (tertiary/aromatic N) is 2. The summed E-state index contributed by atoms with van der Waals surface area (Å²) in [6, 6.07) is 14.6. The van der Waals surface area contributed by atoms with Crippen molar-refractivity contribution in [3.05, 3.63) is 65.4 Å². The topological polar surface area (TPSA) is 90.6 Å². The van der Waals surface area contributed by atoms with Gasteiger partial charge in [0.25, 0.3) is 5.91 Å². The Morgan fingerprint density at radius 2 is 1.67 bits per heavy atom. The van der Waals surface area contributed by atoms with Crippen molar-refractivity contribution in [3.8, 4) is 11.8 Å². The first-order chi connectivity index (χ1) is 12.9. The molecule has 6 nitrogen and oxygen atoms in total. The number of amides is 2. The van der Waals surface area contributed by atoms with Gasteiger partial charge in [-0.05, 0) is 47.9 Å². The average Bonchev–Trinajstić information content (AvgIpc) is 2.89. The highest BCUT2D eigenvalue weighted by atomic mass is 16.5. The molecule has 0 unspecified atom stereocenters. The Morgan fingerprint density at radius 3 is 2.22 bits per heavy atom. The molecule has 2 amide bonds. The van der Waals surface area contributed by atoms with Crippen molar-refractivity contribution in [1.82, 2.24) is 0 Å². The summed E-state index contributed by atoms with van der Waals surface area (Å²) >= 11 is 0. The number of hydrogen-bond acceptors (Lipinski definition) is 5. The predicted molar refractivity (Wildman–Crippen MR) is 100.0 cm³/mol. The van der Waals surface area contributed by atoms with E-state index in [0.29, 0.717) is 35.1 Å². The molecule has 3 rings (SSSR count). The molecule has 0 aliphatic carbocycles. The van der Waals surface area contributed by atoms with Crippen LogP contribution in [0.4, 0.5) is 5.69 Å². The van der Waals surface area contributed by atoms with E-state index in [0.717, 1.165) is 4.90 Å². The predicted octanol–water partition coefficient (Wildman–Crippen LogP) is 3.44. The summed E-state index contributed by atoms with van der Waals surface area (Å²) < 4.78 is 5.60. The highest BCUT2D eigenvalue weighted by Gasteiger charge is 2.40. The lowest BCUT2D eigenvalue weighted by Crippen LogP contribution is -2.31. The Balaban J connectivity index is 1.86. The Labute approximate surface area is 156 Å². The third kappa shape index (κ3) is 3.53. The zero-order valence-corrected chi connectivity index (χ0v) is 15.0. The molecular weight excluding hydrogens is 344 g/mol. The van der Waals surface area contributed by atoms with Crippen LogP contribution < -0.4 is 9.64 Å². The lowest BCUT2D eigenvalue weighted by Gasteiger charge is -2.14. The first-order valence-corrected chi connectivity index (χ1v) is 8.47. The second-order valence-electron chi connectivity index (χ2n) is 6.56. The summed E-state index contributed by atoms with van der Waals surface area (Å²) in [5, 5.41) is 19.1. The average molecular weight is 362 g/mol. The Kier molecular flexibility index (Phi) is 4.95. The number of nitriles is 1. The molecule has 0 aromatic heterocycles. The number of aliphatic hydroxyl groups excluding tert-OH is 1. The molecule has 1 N–H and O–H groups in total. The van der Waals surface area contributed by atoms with Gasteiger partial charge in [0.2, 0.25) is 0 Å².